The number of carboxylic acids is 2. The van der Waals surface area contributed by atoms with Crippen LogP contribution in [0.2, 0.25) is 0 Å². The smallest absolute Gasteiger partial charge is 0.326 e. The predicted octanol–water partition coefficient (Wildman–Crippen LogP) is -4.14. The average molecular weight is 1690 g/mol. The van der Waals surface area contributed by atoms with Gasteiger partial charge in [-0.05, 0) is 138 Å². The van der Waals surface area contributed by atoms with Gasteiger partial charge in [-0.2, -0.15) is 11.8 Å². The first-order chi connectivity index (χ1) is 55.6. The number of imidazole rings is 1. The first kappa shape index (κ1) is 101. The maximum absolute atomic E-state index is 15.1. The molecule has 0 spiro atoms. The van der Waals surface area contributed by atoms with E-state index in [1.54, 1.807) is 61.6 Å². The number of thioether (sulfide) groups is 1. The molecule has 26 N–H and O–H groups in total. The number of phenols is 1. The number of phenolic OH excluding ortho intramolecular Hbond substituents is 1. The van der Waals surface area contributed by atoms with Gasteiger partial charge in [-0.25, -0.2) is 9.78 Å². The summed E-state index contributed by atoms with van der Waals surface area (Å²) in [6.45, 7) is 15.2. The third-order valence-corrected chi connectivity index (χ3v) is 20.0. The fourth-order valence-electron chi connectivity index (χ4n) is 12.4. The highest BCUT2D eigenvalue weighted by atomic mass is 32.2. The highest BCUT2D eigenvalue weighted by molar-refractivity contribution is 7.98. The minimum absolute atomic E-state index is 0.0120. The Morgan fingerprint density at radius 2 is 1.11 bits per heavy atom. The van der Waals surface area contributed by atoms with Gasteiger partial charge in [-0.1, -0.05) is 80.4 Å². The second kappa shape index (κ2) is 52.1. The number of aliphatic hydroxyl groups is 1. The average Bonchev–Trinajstić information content (AvgIpc) is 1.62. The zero-order valence-corrected chi connectivity index (χ0v) is 69.9. The summed E-state index contributed by atoms with van der Waals surface area (Å²) < 4.78 is 0. The number of carboxylic acid groups (broad SMARTS) is 2. The highest BCUT2D eigenvalue weighted by Gasteiger charge is 2.42. The Balaban J connectivity index is 1.87. The molecule has 2 heterocycles. The molecule has 41 nitrogen and oxygen atoms in total. The summed E-state index contributed by atoms with van der Waals surface area (Å²) in [5.74, 6) is -16.7. The van der Waals surface area contributed by atoms with Crippen LogP contribution in [0.1, 0.15) is 164 Å². The molecule has 3 rings (SSSR count). The summed E-state index contributed by atoms with van der Waals surface area (Å²) >= 11 is 1.27. The molecule has 1 aliphatic rings. The van der Waals surface area contributed by atoms with E-state index in [9.17, 15) is 92.3 Å². The van der Waals surface area contributed by atoms with E-state index in [2.05, 4.69) is 84.1 Å². The van der Waals surface area contributed by atoms with Gasteiger partial charge in [0.25, 0.3) is 0 Å². The summed E-state index contributed by atoms with van der Waals surface area (Å²) in [6, 6.07) is -13.7. The van der Waals surface area contributed by atoms with E-state index in [0.29, 0.717) is 49.9 Å². The van der Waals surface area contributed by atoms with Gasteiger partial charge in [0.15, 0.2) is 5.96 Å². The summed E-state index contributed by atoms with van der Waals surface area (Å²) in [7, 11) is 0. The molecular weight excluding hydrogens is 1560 g/mol. The number of aromatic amines is 1. The number of likely N-dealkylation sites (tertiary alicyclic amines) is 1. The minimum Gasteiger partial charge on any atom is -0.508 e. The topological polar surface area (TPSA) is 659 Å². The lowest BCUT2D eigenvalue weighted by molar-refractivity contribution is -0.143. The zero-order chi connectivity index (χ0) is 88.6. The molecule has 0 radical (unpaired) electrons. The normalized spacial score (nSPS) is 16.1. The number of rotatable bonds is 54. The van der Waals surface area contributed by atoms with Crippen molar-refractivity contribution in [1.29, 1.82) is 0 Å². The van der Waals surface area contributed by atoms with Crippen LogP contribution in [0.25, 0.3) is 0 Å². The Bertz CT molecular complexity index is 3700. The van der Waals surface area contributed by atoms with Crippen molar-refractivity contribution in [3.05, 3.63) is 48.0 Å². The van der Waals surface area contributed by atoms with Crippen LogP contribution in [-0.4, -0.2) is 265 Å². The van der Waals surface area contributed by atoms with E-state index in [4.69, 9.17) is 22.9 Å². The van der Waals surface area contributed by atoms with Crippen LogP contribution in [0.5, 0.6) is 5.75 Å². The van der Waals surface area contributed by atoms with Crippen molar-refractivity contribution in [2.75, 3.05) is 44.8 Å². The Labute approximate surface area is 690 Å². The number of aromatic hydroxyl groups is 1. The van der Waals surface area contributed by atoms with Gasteiger partial charge >= 0.3 is 11.9 Å². The number of hydrogen-bond acceptors (Lipinski definition) is 23. The molecule has 2 aromatic rings. The van der Waals surface area contributed by atoms with Crippen molar-refractivity contribution in [2.24, 2.45) is 51.6 Å². The van der Waals surface area contributed by atoms with Gasteiger partial charge in [0.2, 0.25) is 82.7 Å². The molecule has 0 unspecified atom stereocenters. The fourth-order valence-corrected chi connectivity index (χ4v) is 12.9. The number of carbonyl (C=O) groups excluding carboxylic acids is 14. The Kier molecular flexibility index (Phi) is 44.8. The molecule has 118 heavy (non-hydrogen) atoms. The second-order valence-corrected chi connectivity index (χ2v) is 31.5. The molecule has 1 aromatic carbocycles. The maximum Gasteiger partial charge on any atom is 0.326 e. The lowest BCUT2D eigenvalue weighted by Crippen LogP contribution is -2.61. The number of H-pyrrole nitrogens is 1. The molecule has 14 amide bonds. The number of unbranched alkanes of at least 4 members (excludes halogenated alkanes) is 1. The van der Waals surface area contributed by atoms with E-state index in [-0.39, 0.29) is 93.8 Å². The molecule has 15 atom stereocenters. The molecule has 0 aliphatic carbocycles. The molecule has 0 saturated carbocycles. The Morgan fingerprint density at radius 3 is 1.65 bits per heavy atom. The standard InChI is InChI=1S/C76H125N21O20S/c1-12-42(8)61(73(114)89-51(75(116)117)18-15-28-82-76(79)80)96-63(104)44(10)86-72(113)60(41(6)7)95-71(112)57-19-16-29-97(57)74(115)55(33-45-20-22-47(99)23-21-45)93-68(109)53(32-40(4)5)90-67(108)52(31-39(2)3)91-70(111)56(37-98)94-66(107)50(26-30-118-11)88-69(110)54(34-46-35-81-38-84-46)92-65(106)49(24-25-59(101)102)87-62(103)43(9)85-58(100)36-83-64(105)48(78)17-13-14-27-77/h20-23,35,38-44,48-57,60-61,98-99H,12-19,24-34,36-37,77-78H2,1-11H3,(H,81,84)(H,83,105)(H,85,100)(H,86,113)(H,87,103)(H,88,110)(H,89,114)(H,90,108)(H,91,111)(H,92,106)(H,93,109)(H,94,107)(H,95,112)(H,96,104)(H,101,102)(H,116,117)(H4,79,80,82)/t42-,43-,44-,48-,49-,50-,51-,52-,53-,54-,55-,56-,57-,60-,61-/m0/s1. The van der Waals surface area contributed by atoms with E-state index in [0.717, 1.165) is 0 Å². The molecule has 1 fully saturated rings. The Hall–Kier alpha value is -10.7. The number of nitrogens with one attached hydrogen (secondary N) is 14. The van der Waals surface area contributed by atoms with Crippen molar-refractivity contribution in [1.82, 2.24) is 84.0 Å². The van der Waals surface area contributed by atoms with Crippen LogP contribution in [0, 0.1) is 23.7 Å². The van der Waals surface area contributed by atoms with Crippen molar-refractivity contribution >= 4 is 112 Å². The summed E-state index contributed by atoms with van der Waals surface area (Å²) in [5, 5.41) is 73.6. The Morgan fingerprint density at radius 1 is 0.585 bits per heavy atom. The van der Waals surface area contributed by atoms with Crippen LogP contribution < -0.4 is 92.1 Å². The monoisotopic (exact) mass is 1680 g/mol. The number of aromatic nitrogens is 2. The lowest BCUT2D eigenvalue weighted by atomic mass is 9.97. The van der Waals surface area contributed by atoms with Crippen LogP contribution in [0.3, 0.4) is 0 Å². The van der Waals surface area contributed by atoms with Crippen LogP contribution >= 0.6 is 11.8 Å². The van der Waals surface area contributed by atoms with Crippen molar-refractivity contribution in [3.63, 3.8) is 0 Å². The summed E-state index contributed by atoms with van der Waals surface area (Å²) in [5.41, 5.74) is 22.9. The molecule has 1 aromatic heterocycles. The van der Waals surface area contributed by atoms with Crippen LogP contribution in [-0.2, 0) is 89.6 Å². The number of hydrogen-bond donors (Lipinski definition) is 22. The van der Waals surface area contributed by atoms with Gasteiger partial charge in [0, 0.05) is 44.2 Å². The number of amides is 14. The van der Waals surface area contributed by atoms with Crippen LogP contribution in [0.4, 0.5) is 0 Å². The number of aliphatic imine (C=N–C) groups is 1. The predicted molar refractivity (Wildman–Crippen MR) is 435 cm³/mol. The third-order valence-electron chi connectivity index (χ3n) is 19.3. The molecule has 42 heteroatoms. The zero-order valence-electron chi connectivity index (χ0n) is 69.1. The number of nitrogens with zero attached hydrogens (tertiary/aromatic N) is 3. The second-order valence-electron chi connectivity index (χ2n) is 30.5. The number of carbonyl (C=O) groups is 16. The first-order valence-electron chi connectivity index (χ1n) is 39.7. The van der Waals surface area contributed by atoms with Gasteiger partial charge < -0.3 is 122 Å². The molecular formula is C76H125N21O20S. The van der Waals surface area contributed by atoms with Crippen molar-refractivity contribution < 1.29 is 97.1 Å². The first-order valence-corrected chi connectivity index (χ1v) is 41.1. The summed E-state index contributed by atoms with van der Waals surface area (Å²) in [6.07, 6.45) is 4.88. The van der Waals surface area contributed by atoms with E-state index in [1.807, 2.05) is 0 Å². The minimum atomic E-state index is -1.79. The SMILES string of the molecule is CC[C@H](C)[C@H](NC(=O)[C@H](C)NC(=O)[C@@H](NC(=O)[C@@H]1CCCN1C(=O)[C@H](Cc1ccc(O)cc1)NC(=O)[C@H](CC(C)C)NC(=O)[C@H](CC(C)C)NC(=O)[C@H](CO)NC(=O)[C@H](CCSC)NC(=O)[C@H](Cc1cnc[nH]1)NC(=O)[C@H](CCC(=O)O)NC(=O)[C@H](C)NC(=O)CNC(=O)[C@@H](N)CCCCN)C(C)C)C(=O)N[C@@H](CCCN=C(N)N)C(=O)O. The maximum atomic E-state index is 15.1. The molecule has 1 aliphatic heterocycles. The number of aliphatic hydroxyl groups excluding tert-OH is 1. The third kappa shape index (κ3) is 36.0. The fraction of sp³-hybridized carbons (Fsp3) is 0.658. The van der Waals surface area contributed by atoms with Crippen molar-refractivity contribution in [2.45, 2.75) is 250 Å². The largest absolute Gasteiger partial charge is 0.508 e. The van der Waals surface area contributed by atoms with Gasteiger partial charge in [0.05, 0.1) is 25.5 Å². The van der Waals surface area contributed by atoms with Gasteiger partial charge in [-0.3, -0.25) is 76.9 Å². The van der Waals surface area contributed by atoms with Gasteiger partial charge in [0.1, 0.15) is 84.3 Å². The summed E-state index contributed by atoms with van der Waals surface area (Å²) in [4.78, 5) is 232. The van der Waals surface area contributed by atoms with E-state index in [1.165, 1.54) is 67.3 Å². The quantitative estimate of drug-likeness (QED) is 0.0170. The molecule has 1 saturated heterocycles. The highest BCUT2D eigenvalue weighted by Crippen LogP contribution is 2.23. The molecule has 0 bridgehead atoms. The van der Waals surface area contributed by atoms with Crippen molar-refractivity contribution in [3.8, 4) is 5.75 Å². The van der Waals surface area contributed by atoms with Gasteiger partial charge in [-0.15, -0.1) is 0 Å². The van der Waals surface area contributed by atoms with E-state index < -0.39 is 217 Å². The number of guanidine groups is 1. The van der Waals surface area contributed by atoms with Crippen LogP contribution in [0.15, 0.2) is 41.8 Å². The van der Waals surface area contributed by atoms with E-state index >= 15 is 4.79 Å². The number of aliphatic carboxylic acids is 2. The lowest BCUT2D eigenvalue weighted by Gasteiger charge is -2.32. The number of nitrogens with two attached hydrogens (primary N) is 4. The molecule has 660 valence electrons. The number of benzene rings is 1.